The van der Waals surface area contributed by atoms with Crippen LogP contribution in [0.2, 0.25) is 5.02 Å². The summed E-state index contributed by atoms with van der Waals surface area (Å²) in [7, 11) is 0. The zero-order chi connectivity index (χ0) is 22.2. The van der Waals surface area contributed by atoms with E-state index in [2.05, 4.69) is 15.3 Å². The number of aromatic amines is 1. The van der Waals surface area contributed by atoms with Crippen LogP contribution in [0.25, 0.3) is 27.5 Å². The Labute approximate surface area is 188 Å². The molecule has 0 bridgehead atoms. The average Bonchev–Trinajstić information content (AvgIpc) is 3.28. The monoisotopic (exact) mass is 442 g/mol. The van der Waals surface area contributed by atoms with Gasteiger partial charge in [0.1, 0.15) is 5.52 Å². The second kappa shape index (κ2) is 7.98. The first kappa shape index (κ1) is 20.0. The van der Waals surface area contributed by atoms with Crippen molar-refractivity contribution in [2.75, 3.05) is 0 Å². The van der Waals surface area contributed by atoms with Crippen molar-refractivity contribution in [2.45, 2.75) is 13.0 Å². The molecule has 1 atom stereocenters. The first-order valence-corrected chi connectivity index (χ1v) is 10.5. The largest absolute Gasteiger partial charge is 0.345 e. The van der Waals surface area contributed by atoms with Crippen molar-refractivity contribution in [3.63, 3.8) is 0 Å². The number of amides is 1. The van der Waals surface area contributed by atoms with Crippen LogP contribution in [0.1, 0.15) is 29.0 Å². The molecule has 0 aliphatic rings. The maximum Gasteiger partial charge on any atom is 0.264 e. The Morgan fingerprint density at radius 2 is 1.84 bits per heavy atom. The SMILES string of the molecule is CC(NC(=O)c1cccc2[nH]cnc12)c1cc2cccc(Cl)c2c(=O)n1-c1ccccc1. The van der Waals surface area contributed by atoms with E-state index in [1.54, 1.807) is 29.1 Å². The quantitative estimate of drug-likeness (QED) is 0.410. The number of carbonyl (C=O) groups is 1. The molecule has 158 valence electrons. The number of pyridine rings is 1. The van der Waals surface area contributed by atoms with Crippen LogP contribution in [0.4, 0.5) is 0 Å². The van der Waals surface area contributed by atoms with E-state index in [0.717, 1.165) is 10.9 Å². The zero-order valence-electron chi connectivity index (χ0n) is 17.2. The Kier molecular flexibility index (Phi) is 4.99. The lowest BCUT2D eigenvalue weighted by atomic mass is 10.1. The molecule has 0 fully saturated rings. The van der Waals surface area contributed by atoms with Crippen LogP contribution in [0.5, 0.6) is 0 Å². The third-order valence-corrected chi connectivity index (χ3v) is 5.84. The van der Waals surface area contributed by atoms with Gasteiger partial charge in [0.15, 0.2) is 0 Å². The van der Waals surface area contributed by atoms with Gasteiger partial charge in [0.25, 0.3) is 11.5 Å². The number of imidazole rings is 1. The van der Waals surface area contributed by atoms with Gasteiger partial charge in [-0.25, -0.2) is 4.98 Å². The number of aromatic nitrogens is 3. The molecule has 5 rings (SSSR count). The van der Waals surface area contributed by atoms with Gasteiger partial charge in [-0.1, -0.05) is 48.0 Å². The van der Waals surface area contributed by atoms with Crippen molar-refractivity contribution in [3.8, 4) is 5.69 Å². The third kappa shape index (κ3) is 3.35. The lowest BCUT2D eigenvalue weighted by Gasteiger charge is -2.21. The van der Waals surface area contributed by atoms with Crippen LogP contribution in [0, 0.1) is 0 Å². The molecular weight excluding hydrogens is 424 g/mol. The molecule has 0 aliphatic heterocycles. The highest BCUT2D eigenvalue weighted by molar-refractivity contribution is 6.35. The van der Waals surface area contributed by atoms with Crippen LogP contribution in [0.15, 0.2) is 83.9 Å². The number of halogens is 1. The van der Waals surface area contributed by atoms with Crippen LogP contribution in [0.3, 0.4) is 0 Å². The molecule has 2 N–H and O–H groups in total. The van der Waals surface area contributed by atoms with Gasteiger partial charge >= 0.3 is 0 Å². The van der Waals surface area contributed by atoms with Gasteiger partial charge in [-0.05, 0) is 48.7 Å². The van der Waals surface area contributed by atoms with Gasteiger partial charge in [-0.15, -0.1) is 0 Å². The fourth-order valence-electron chi connectivity index (χ4n) is 4.00. The number of hydrogen-bond acceptors (Lipinski definition) is 3. The van der Waals surface area contributed by atoms with E-state index in [9.17, 15) is 9.59 Å². The van der Waals surface area contributed by atoms with E-state index >= 15 is 0 Å². The Morgan fingerprint density at radius 3 is 2.66 bits per heavy atom. The number of fused-ring (bicyclic) bond motifs is 2. The van der Waals surface area contributed by atoms with Crippen LogP contribution < -0.4 is 10.9 Å². The van der Waals surface area contributed by atoms with Crippen molar-refractivity contribution in [2.24, 2.45) is 0 Å². The fourth-order valence-corrected chi connectivity index (χ4v) is 4.26. The molecule has 0 aliphatic carbocycles. The number of nitrogens with zero attached hydrogens (tertiary/aromatic N) is 2. The van der Waals surface area contributed by atoms with Crippen molar-refractivity contribution >= 4 is 39.3 Å². The molecule has 0 spiro atoms. The highest BCUT2D eigenvalue weighted by Crippen LogP contribution is 2.26. The maximum atomic E-state index is 13.5. The Bertz CT molecular complexity index is 1520. The second-order valence-corrected chi connectivity index (χ2v) is 7.96. The third-order valence-electron chi connectivity index (χ3n) is 5.52. The molecule has 3 aromatic carbocycles. The molecule has 0 saturated heterocycles. The van der Waals surface area contributed by atoms with Crippen LogP contribution in [-0.2, 0) is 0 Å². The van der Waals surface area contributed by atoms with Crippen LogP contribution in [-0.4, -0.2) is 20.4 Å². The summed E-state index contributed by atoms with van der Waals surface area (Å²) in [4.78, 5) is 33.9. The van der Waals surface area contributed by atoms with E-state index in [4.69, 9.17) is 11.6 Å². The number of nitrogens with one attached hydrogen (secondary N) is 2. The van der Waals surface area contributed by atoms with Gasteiger partial charge in [0.2, 0.25) is 0 Å². The Hall–Kier alpha value is -3.90. The summed E-state index contributed by atoms with van der Waals surface area (Å²) in [6.07, 6.45) is 1.56. The van der Waals surface area contributed by atoms with Gasteiger partial charge in [0.05, 0.1) is 33.9 Å². The van der Waals surface area contributed by atoms with Crippen molar-refractivity contribution in [3.05, 3.63) is 106 Å². The standard InChI is InChI=1S/C25H19ClN4O2/c1-15(29-24(31)18-10-6-12-20-23(18)28-14-27-20)21-13-16-7-5-11-19(26)22(16)25(32)30(21)17-8-3-2-4-9-17/h2-15H,1H3,(H,27,28)(H,29,31). The van der Waals surface area contributed by atoms with E-state index in [1.165, 1.54) is 0 Å². The summed E-state index contributed by atoms with van der Waals surface area (Å²) in [6.45, 7) is 1.85. The van der Waals surface area contributed by atoms with E-state index < -0.39 is 6.04 Å². The lowest BCUT2D eigenvalue weighted by molar-refractivity contribution is 0.0940. The van der Waals surface area contributed by atoms with Crippen molar-refractivity contribution in [1.29, 1.82) is 0 Å². The molecule has 0 radical (unpaired) electrons. The van der Waals surface area contributed by atoms with Crippen molar-refractivity contribution in [1.82, 2.24) is 19.9 Å². The predicted molar refractivity (Wildman–Crippen MR) is 127 cm³/mol. The minimum Gasteiger partial charge on any atom is -0.345 e. The van der Waals surface area contributed by atoms with Gasteiger partial charge in [-0.3, -0.25) is 14.2 Å². The maximum absolute atomic E-state index is 13.5. The van der Waals surface area contributed by atoms with Gasteiger partial charge in [0, 0.05) is 11.4 Å². The molecule has 1 amide bonds. The molecule has 6 nitrogen and oxygen atoms in total. The number of hydrogen-bond donors (Lipinski definition) is 2. The number of carbonyl (C=O) groups excluding carboxylic acids is 1. The first-order valence-electron chi connectivity index (χ1n) is 10.2. The summed E-state index contributed by atoms with van der Waals surface area (Å²) >= 11 is 6.37. The van der Waals surface area contributed by atoms with Crippen molar-refractivity contribution < 1.29 is 4.79 Å². The summed E-state index contributed by atoms with van der Waals surface area (Å²) in [5.74, 6) is -0.270. The number of para-hydroxylation sites is 2. The molecule has 2 aromatic heterocycles. The molecule has 5 aromatic rings. The second-order valence-electron chi connectivity index (χ2n) is 7.55. The summed E-state index contributed by atoms with van der Waals surface area (Å²) in [5, 5.41) is 4.59. The van der Waals surface area contributed by atoms with Crippen LogP contribution >= 0.6 is 11.6 Å². The number of H-pyrrole nitrogens is 1. The molecular formula is C25H19ClN4O2. The Morgan fingerprint density at radius 1 is 1.06 bits per heavy atom. The normalized spacial score (nSPS) is 12.2. The first-order chi connectivity index (χ1) is 15.5. The average molecular weight is 443 g/mol. The topological polar surface area (TPSA) is 79.8 Å². The Balaban J connectivity index is 1.63. The summed E-state index contributed by atoms with van der Waals surface area (Å²) in [5.41, 5.74) is 2.97. The number of rotatable bonds is 4. The zero-order valence-corrected chi connectivity index (χ0v) is 17.9. The van der Waals surface area contributed by atoms with E-state index in [0.29, 0.717) is 32.9 Å². The molecule has 32 heavy (non-hydrogen) atoms. The summed E-state index contributed by atoms with van der Waals surface area (Å²) < 4.78 is 1.61. The lowest BCUT2D eigenvalue weighted by Crippen LogP contribution is -2.32. The van der Waals surface area contributed by atoms with E-state index in [-0.39, 0.29) is 11.5 Å². The molecule has 2 heterocycles. The fraction of sp³-hybridized carbons (Fsp3) is 0.0800. The highest BCUT2D eigenvalue weighted by atomic mass is 35.5. The van der Waals surface area contributed by atoms with E-state index in [1.807, 2.05) is 61.5 Å². The minimum absolute atomic E-state index is 0.232. The summed E-state index contributed by atoms with van der Waals surface area (Å²) in [6, 6.07) is 21.5. The molecule has 1 unspecified atom stereocenters. The van der Waals surface area contributed by atoms with Gasteiger partial charge < -0.3 is 10.3 Å². The minimum atomic E-state index is -0.465. The highest BCUT2D eigenvalue weighted by Gasteiger charge is 2.20. The van der Waals surface area contributed by atoms with Gasteiger partial charge in [-0.2, -0.15) is 0 Å². The molecule has 7 heteroatoms. The number of benzene rings is 3. The molecule has 0 saturated carbocycles. The predicted octanol–water partition coefficient (Wildman–Crippen LogP) is 5.01. The smallest absolute Gasteiger partial charge is 0.264 e.